The van der Waals surface area contributed by atoms with E-state index in [-0.39, 0.29) is 24.0 Å². The monoisotopic (exact) mass is 482 g/mol. The molecule has 3 N–H and O–H groups in total. The molecule has 0 amide bonds. The van der Waals surface area contributed by atoms with Crippen LogP contribution in [-0.2, 0) is 6.54 Å². The molecule has 0 aliphatic heterocycles. The molecule has 7 heteroatoms. The molecule has 3 rings (SSSR count). The van der Waals surface area contributed by atoms with E-state index in [9.17, 15) is 0 Å². The summed E-state index contributed by atoms with van der Waals surface area (Å²) >= 11 is 0. The molecule has 1 saturated carbocycles. The number of halogens is 1. The lowest BCUT2D eigenvalue weighted by Gasteiger charge is -2.32. The van der Waals surface area contributed by atoms with Gasteiger partial charge in [0, 0.05) is 18.2 Å². The van der Waals surface area contributed by atoms with Crippen molar-refractivity contribution in [3.63, 3.8) is 0 Å². The van der Waals surface area contributed by atoms with Gasteiger partial charge in [0.1, 0.15) is 6.33 Å². The Labute approximate surface area is 179 Å². The fraction of sp³-hybridized carbons (Fsp3) is 0.550. The molecule has 1 aromatic heterocycles. The molecule has 1 aliphatic rings. The van der Waals surface area contributed by atoms with E-state index in [1.807, 2.05) is 12.1 Å². The van der Waals surface area contributed by atoms with Gasteiger partial charge in [0.2, 0.25) is 0 Å². The molecule has 2 unspecified atom stereocenters. The first kappa shape index (κ1) is 21.7. The van der Waals surface area contributed by atoms with Crippen LogP contribution in [0, 0.1) is 11.8 Å². The van der Waals surface area contributed by atoms with Crippen LogP contribution in [0.5, 0.6) is 0 Å². The smallest absolute Gasteiger partial charge is 0.191 e. The van der Waals surface area contributed by atoms with Gasteiger partial charge in [-0.2, -0.15) is 5.10 Å². The highest BCUT2D eigenvalue weighted by molar-refractivity contribution is 14.0. The largest absolute Gasteiger partial charge is 0.357 e. The molecule has 0 radical (unpaired) electrons. The minimum Gasteiger partial charge on any atom is -0.357 e. The summed E-state index contributed by atoms with van der Waals surface area (Å²) in [5.41, 5.74) is 2.18. The normalized spacial score (nSPS) is 22.8. The molecule has 0 bridgehead atoms. The van der Waals surface area contributed by atoms with Gasteiger partial charge in [0.15, 0.2) is 11.8 Å². The van der Waals surface area contributed by atoms with Crippen LogP contribution in [-0.4, -0.2) is 33.7 Å². The molecule has 1 heterocycles. The number of H-pyrrole nitrogens is 1. The SMILES string of the molecule is CCNC(=NCc1cccc(-c2ncn[nH]2)c1)NC1CC(C)CC(C)C1.I. The molecule has 0 saturated heterocycles. The van der Waals surface area contributed by atoms with Gasteiger partial charge in [-0.05, 0) is 49.7 Å². The number of aromatic nitrogens is 3. The average Bonchev–Trinajstić information content (AvgIpc) is 3.14. The van der Waals surface area contributed by atoms with Gasteiger partial charge in [-0.3, -0.25) is 5.10 Å². The Balaban J connectivity index is 0.00000261. The molecule has 27 heavy (non-hydrogen) atoms. The molecule has 1 aromatic carbocycles. The lowest BCUT2D eigenvalue weighted by Crippen LogP contribution is -2.46. The molecule has 148 valence electrons. The summed E-state index contributed by atoms with van der Waals surface area (Å²) in [5.74, 6) is 3.24. The third-order valence-corrected chi connectivity index (χ3v) is 4.90. The second kappa shape index (κ2) is 10.6. The Bertz CT molecular complexity index is 705. The zero-order valence-electron chi connectivity index (χ0n) is 16.4. The third kappa shape index (κ3) is 6.48. The standard InChI is InChI=1S/C20H30N6.HI/c1-4-21-20(25-18-9-14(2)8-15(3)10-18)22-12-16-6-5-7-17(11-16)19-23-13-24-26-19;/h5-7,11,13-15,18H,4,8-10,12H2,1-3H3,(H2,21,22,25)(H,23,24,26);1H. The van der Waals surface area contributed by atoms with Gasteiger partial charge in [0.25, 0.3) is 0 Å². The number of benzene rings is 1. The van der Waals surface area contributed by atoms with Crippen LogP contribution in [0.4, 0.5) is 0 Å². The van der Waals surface area contributed by atoms with Crippen molar-refractivity contribution >= 4 is 29.9 Å². The molecule has 2 aromatic rings. The Hall–Kier alpha value is -1.64. The van der Waals surface area contributed by atoms with E-state index in [2.05, 4.69) is 58.7 Å². The fourth-order valence-electron chi connectivity index (χ4n) is 3.91. The third-order valence-electron chi connectivity index (χ3n) is 4.90. The molecular formula is C20H31IN6. The van der Waals surface area contributed by atoms with Crippen molar-refractivity contribution in [2.24, 2.45) is 16.8 Å². The number of aromatic amines is 1. The Kier molecular flexibility index (Phi) is 8.53. The summed E-state index contributed by atoms with van der Waals surface area (Å²) < 4.78 is 0. The number of rotatable bonds is 5. The quantitative estimate of drug-likeness (QED) is 0.343. The van der Waals surface area contributed by atoms with Crippen LogP contribution in [0.1, 0.15) is 45.6 Å². The van der Waals surface area contributed by atoms with Crippen molar-refractivity contribution < 1.29 is 0 Å². The highest BCUT2D eigenvalue weighted by Crippen LogP contribution is 2.28. The number of guanidine groups is 1. The van der Waals surface area contributed by atoms with E-state index in [0.29, 0.717) is 12.6 Å². The number of nitrogens with one attached hydrogen (secondary N) is 3. The second-order valence-electron chi connectivity index (χ2n) is 7.49. The maximum Gasteiger partial charge on any atom is 0.191 e. The highest BCUT2D eigenvalue weighted by atomic mass is 127. The maximum atomic E-state index is 4.80. The van der Waals surface area contributed by atoms with Crippen LogP contribution in [0.25, 0.3) is 11.4 Å². The van der Waals surface area contributed by atoms with Gasteiger partial charge in [0.05, 0.1) is 6.54 Å². The summed E-state index contributed by atoms with van der Waals surface area (Å²) in [4.78, 5) is 9.02. The average molecular weight is 482 g/mol. The van der Waals surface area contributed by atoms with Crippen molar-refractivity contribution in [3.05, 3.63) is 36.2 Å². The summed E-state index contributed by atoms with van der Waals surface area (Å²) in [6.45, 7) is 8.30. The lowest BCUT2D eigenvalue weighted by atomic mass is 9.80. The number of hydrogen-bond acceptors (Lipinski definition) is 3. The molecular weight excluding hydrogens is 451 g/mol. The predicted octanol–water partition coefficient (Wildman–Crippen LogP) is 3.97. The number of aliphatic imine (C=N–C) groups is 1. The van der Waals surface area contributed by atoms with E-state index in [0.717, 1.165) is 41.3 Å². The molecule has 2 atom stereocenters. The van der Waals surface area contributed by atoms with E-state index < -0.39 is 0 Å². The van der Waals surface area contributed by atoms with Crippen molar-refractivity contribution in [2.75, 3.05) is 6.54 Å². The number of nitrogens with zero attached hydrogens (tertiary/aromatic N) is 3. The second-order valence-corrected chi connectivity index (χ2v) is 7.49. The van der Waals surface area contributed by atoms with Crippen LogP contribution in [0.2, 0.25) is 0 Å². The van der Waals surface area contributed by atoms with Crippen molar-refractivity contribution in [1.82, 2.24) is 25.8 Å². The Morgan fingerprint density at radius 1 is 1.22 bits per heavy atom. The number of hydrogen-bond donors (Lipinski definition) is 3. The minimum atomic E-state index is 0. The van der Waals surface area contributed by atoms with Crippen LogP contribution in [0.15, 0.2) is 35.6 Å². The summed E-state index contributed by atoms with van der Waals surface area (Å²) in [6.07, 6.45) is 5.30. The first-order valence-corrected chi connectivity index (χ1v) is 9.63. The predicted molar refractivity (Wildman–Crippen MR) is 121 cm³/mol. The lowest BCUT2D eigenvalue weighted by molar-refractivity contribution is 0.255. The van der Waals surface area contributed by atoms with Crippen molar-refractivity contribution in [1.29, 1.82) is 0 Å². The van der Waals surface area contributed by atoms with Crippen LogP contribution in [0.3, 0.4) is 0 Å². The Morgan fingerprint density at radius 2 is 2.00 bits per heavy atom. The molecule has 6 nitrogen and oxygen atoms in total. The zero-order chi connectivity index (χ0) is 18.4. The summed E-state index contributed by atoms with van der Waals surface area (Å²) in [5, 5.41) is 13.8. The molecule has 0 spiro atoms. The van der Waals surface area contributed by atoms with Crippen LogP contribution >= 0.6 is 24.0 Å². The fourth-order valence-corrected chi connectivity index (χ4v) is 3.91. The van der Waals surface area contributed by atoms with E-state index >= 15 is 0 Å². The van der Waals surface area contributed by atoms with Crippen LogP contribution < -0.4 is 10.6 Å². The Morgan fingerprint density at radius 3 is 2.67 bits per heavy atom. The first-order valence-electron chi connectivity index (χ1n) is 9.63. The van der Waals surface area contributed by atoms with Gasteiger partial charge >= 0.3 is 0 Å². The maximum absolute atomic E-state index is 4.80. The van der Waals surface area contributed by atoms with Gasteiger partial charge < -0.3 is 10.6 Å². The van der Waals surface area contributed by atoms with E-state index in [1.165, 1.54) is 25.6 Å². The van der Waals surface area contributed by atoms with Gasteiger partial charge in [-0.1, -0.05) is 32.0 Å². The van der Waals surface area contributed by atoms with Crippen molar-refractivity contribution in [3.8, 4) is 11.4 Å². The van der Waals surface area contributed by atoms with E-state index in [4.69, 9.17) is 4.99 Å². The molecule has 1 aliphatic carbocycles. The minimum absolute atomic E-state index is 0. The summed E-state index contributed by atoms with van der Waals surface area (Å²) in [7, 11) is 0. The summed E-state index contributed by atoms with van der Waals surface area (Å²) in [6, 6.07) is 8.78. The highest BCUT2D eigenvalue weighted by Gasteiger charge is 2.24. The van der Waals surface area contributed by atoms with E-state index in [1.54, 1.807) is 0 Å². The zero-order valence-corrected chi connectivity index (χ0v) is 18.7. The van der Waals surface area contributed by atoms with Crippen molar-refractivity contribution in [2.45, 2.75) is 52.6 Å². The van der Waals surface area contributed by atoms with Gasteiger partial charge in [-0.15, -0.1) is 24.0 Å². The first-order chi connectivity index (χ1) is 12.6. The topological polar surface area (TPSA) is 78.0 Å². The molecule has 1 fully saturated rings. The van der Waals surface area contributed by atoms with Gasteiger partial charge in [-0.25, -0.2) is 9.98 Å².